The first-order valence-corrected chi connectivity index (χ1v) is 6.39. The highest BCUT2D eigenvalue weighted by Crippen LogP contribution is 2.45. The van der Waals surface area contributed by atoms with E-state index in [1.54, 1.807) is 0 Å². The van der Waals surface area contributed by atoms with Crippen molar-refractivity contribution in [1.29, 1.82) is 0 Å². The topological polar surface area (TPSA) is 29.3 Å². The third-order valence-electron chi connectivity index (χ3n) is 4.03. The SMILES string of the molecule is NC1CCN([C@H]2C[C@@H]2c2ccccc2)CC1. The number of hydrogen-bond donors (Lipinski definition) is 1. The van der Waals surface area contributed by atoms with E-state index < -0.39 is 0 Å². The molecule has 2 fully saturated rings. The standard InChI is InChI=1S/C14H20N2/c15-12-6-8-16(9-7-12)14-10-13(14)11-4-2-1-3-5-11/h1-5,12-14H,6-10,15H2/t13-,14+/m1/s1. The first-order chi connectivity index (χ1) is 7.84. The molecule has 0 unspecified atom stereocenters. The molecule has 1 heterocycles. The van der Waals surface area contributed by atoms with Crippen LogP contribution in [0.5, 0.6) is 0 Å². The summed E-state index contributed by atoms with van der Waals surface area (Å²) in [6.07, 6.45) is 3.70. The Morgan fingerprint density at radius 3 is 2.44 bits per heavy atom. The van der Waals surface area contributed by atoms with Crippen molar-refractivity contribution in [3.8, 4) is 0 Å². The van der Waals surface area contributed by atoms with Crippen LogP contribution >= 0.6 is 0 Å². The molecule has 1 aliphatic carbocycles. The number of likely N-dealkylation sites (tertiary alicyclic amines) is 1. The molecule has 1 aliphatic heterocycles. The predicted octanol–water partition coefficient (Wildman–Crippen LogP) is 1.97. The van der Waals surface area contributed by atoms with Crippen LogP contribution in [0.2, 0.25) is 0 Å². The number of piperidine rings is 1. The van der Waals surface area contributed by atoms with Crippen molar-refractivity contribution in [2.24, 2.45) is 5.73 Å². The van der Waals surface area contributed by atoms with Crippen molar-refractivity contribution < 1.29 is 0 Å². The van der Waals surface area contributed by atoms with E-state index in [1.807, 2.05) is 0 Å². The highest BCUT2D eigenvalue weighted by molar-refractivity contribution is 5.27. The van der Waals surface area contributed by atoms with E-state index in [0.29, 0.717) is 6.04 Å². The molecule has 86 valence electrons. The monoisotopic (exact) mass is 216 g/mol. The first kappa shape index (κ1) is 10.3. The van der Waals surface area contributed by atoms with Gasteiger partial charge >= 0.3 is 0 Å². The summed E-state index contributed by atoms with van der Waals surface area (Å²) in [4.78, 5) is 2.64. The quantitative estimate of drug-likeness (QED) is 0.819. The lowest BCUT2D eigenvalue weighted by atomic mass is 10.1. The van der Waals surface area contributed by atoms with Crippen molar-refractivity contribution in [2.45, 2.75) is 37.3 Å². The van der Waals surface area contributed by atoms with Gasteiger partial charge in [0, 0.05) is 18.0 Å². The predicted molar refractivity (Wildman–Crippen MR) is 66.4 cm³/mol. The van der Waals surface area contributed by atoms with Crippen molar-refractivity contribution >= 4 is 0 Å². The minimum Gasteiger partial charge on any atom is -0.328 e. The van der Waals surface area contributed by atoms with E-state index in [0.717, 1.165) is 12.0 Å². The summed E-state index contributed by atoms with van der Waals surface area (Å²) >= 11 is 0. The third kappa shape index (κ3) is 2.00. The van der Waals surface area contributed by atoms with Crippen LogP contribution in [-0.4, -0.2) is 30.1 Å². The molecule has 2 nitrogen and oxygen atoms in total. The van der Waals surface area contributed by atoms with Gasteiger partial charge in [-0.25, -0.2) is 0 Å². The van der Waals surface area contributed by atoms with E-state index in [-0.39, 0.29) is 0 Å². The first-order valence-electron chi connectivity index (χ1n) is 6.39. The molecule has 0 amide bonds. The zero-order valence-electron chi connectivity index (χ0n) is 9.68. The van der Waals surface area contributed by atoms with Gasteiger partial charge in [-0.3, -0.25) is 4.90 Å². The Labute approximate surface area is 97.4 Å². The molecule has 1 saturated heterocycles. The lowest BCUT2D eigenvalue weighted by Crippen LogP contribution is -2.41. The molecule has 1 saturated carbocycles. The van der Waals surface area contributed by atoms with Crippen molar-refractivity contribution in [1.82, 2.24) is 4.90 Å². The summed E-state index contributed by atoms with van der Waals surface area (Å²) in [5.41, 5.74) is 7.45. The van der Waals surface area contributed by atoms with Gasteiger partial charge in [0.15, 0.2) is 0 Å². The fourth-order valence-electron chi connectivity index (χ4n) is 2.89. The Bertz CT molecular complexity index is 341. The maximum absolute atomic E-state index is 5.94. The van der Waals surface area contributed by atoms with Crippen molar-refractivity contribution in [3.63, 3.8) is 0 Å². The van der Waals surface area contributed by atoms with Gasteiger partial charge in [0.1, 0.15) is 0 Å². The second kappa shape index (κ2) is 4.19. The van der Waals surface area contributed by atoms with E-state index in [1.165, 1.54) is 37.9 Å². The molecule has 2 heteroatoms. The van der Waals surface area contributed by atoms with E-state index in [9.17, 15) is 0 Å². The van der Waals surface area contributed by atoms with Crippen LogP contribution in [-0.2, 0) is 0 Å². The molecule has 1 aromatic carbocycles. The van der Waals surface area contributed by atoms with Gasteiger partial charge in [-0.05, 0) is 37.9 Å². The maximum atomic E-state index is 5.94. The Morgan fingerprint density at radius 2 is 1.75 bits per heavy atom. The molecule has 0 spiro atoms. The number of benzene rings is 1. The minimum atomic E-state index is 0.449. The second-order valence-corrected chi connectivity index (χ2v) is 5.19. The van der Waals surface area contributed by atoms with Gasteiger partial charge in [0.25, 0.3) is 0 Å². The average Bonchev–Trinajstić information content (AvgIpc) is 3.11. The molecule has 0 bridgehead atoms. The van der Waals surface area contributed by atoms with Crippen molar-refractivity contribution in [3.05, 3.63) is 35.9 Å². The number of rotatable bonds is 2. The van der Waals surface area contributed by atoms with Crippen LogP contribution < -0.4 is 5.73 Å². The summed E-state index contributed by atoms with van der Waals surface area (Å²) in [5, 5.41) is 0. The Hall–Kier alpha value is -0.860. The van der Waals surface area contributed by atoms with Crippen LogP contribution in [0.15, 0.2) is 30.3 Å². The van der Waals surface area contributed by atoms with E-state index >= 15 is 0 Å². The Kier molecular flexibility index (Phi) is 2.70. The molecule has 16 heavy (non-hydrogen) atoms. The molecule has 2 N–H and O–H groups in total. The fourth-order valence-corrected chi connectivity index (χ4v) is 2.89. The smallest absolute Gasteiger partial charge is 0.0171 e. The molecule has 2 atom stereocenters. The van der Waals surface area contributed by atoms with Crippen molar-refractivity contribution in [2.75, 3.05) is 13.1 Å². The van der Waals surface area contributed by atoms with Gasteiger partial charge in [-0.2, -0.15) is 0 Å². The zero-order chi connectivity index (χ0) is 11.0. The van der Waals surface area contributed by atoms with Crippen LogP contribution in [0.25, 0.3) is 0 Å². The lowest BCUT2D eigenvalue weighted by Gasteiger charge is -2.30. The summed E-state index contributed by atoms with van der Waals surface area (Å²) in [6, 6.07) is 12.2. The van der Waals surface area contributed by atoms with Gasteiger partial charge in [0.2, 0.25) is 0 Å². The fraction of sp³-hybridized carbons (Fsp3) is 0.571. The van der Waals surface area contributed by atoms with Gasteiger partial charge < -0.3 is 5.73 Å². The highest BCUT2D eigenvalue weighted by Gasteiger charge is 2.43. The molecule has 3 rings (SSSR count). The van der Waals surface area contributed by atoms with Gasteiger partial charge in [-0.15, -0.1) is 0 Å². The molecule has 0 radical (unpaired) electrons. The summed E-state index contributed by atoms with van der Waals surface area (Å²) in [6.45, 7) is 2.41. The minimum absolute atomic E-state index is 0.449. The third-order valence-corrected chi connectivity index (χ3v) is 4.03. The summed E-state index contributed by atoms with van der Waals surface area (Å²) in [7, 11) is 0. The second-order valence-electron chi connectivity index (χ2n) is 5.19. The van der Waals surface area contributed by atoms with Gasteiger partial charge in [0.05, 0.1) is 0 Å². The maximum Gasteiger partial charge on any atom is 0.0171 e. The molecule has 1 aromatic rings. The van der Waals surface area contributed by atoms with Gasteiger partial charge in [-0.1, -0.05) is 30.3 Å². The molecule has 2 aliphatic rings. The average molecular weight is 216 g/mol. The zero-order valence-corrected chi connectivity index (χ0v) is 9.68. The molecular weight excluding hydrogens is 196 g/mol. The van der Waals surface area contributed by atoms with Crippen LogP contribution in [0.1, 0.15) is 30.7 Å². The highest BCUT2D eigenvalue weighted by atomic mass is 15.2. The number of hydrogen-bond acceptors (Lipinski definition) is 2. The van der Waals surface area contributed by atoms with Crippen LogP contribution in [0, 0.1) is 0 Å². The lowest BCUT2D eigenvalue weighted by molar-refractivity contribution is 0.201. The van der Waals surface area contributed by atoms with Crippen LogP contribution in [0.4, 0.5) is 0 Å². The number of nitrogens with two attached hydrogens (primary N) is 1. The van der Waals surface area contributed by atoms with E-state index in [4.69, 9.17) is 5.73 Å². The summed E-state index contributed by atoms with van der Waals surface area (Å²) < 4.78 is 0. The molecular formula is C14H20N2. The number of nitrogens with zero attached hydrogens (tertiary/aromatic N) is 1. The largest absolute Gasteiger partial charge is 0.328 e. The molecule has 0 aromatic heterocycles. The normalized spacial score (nSPS) is 31.6. The Morgan fingerprint density at radius 1 is 1.06 bits per heavy atom. The van der Waals surface area contributed by atoms with E-state index in [2.05, 4.69) is 35.2 Å². The summed E-state index contributed by atoms with van der Waals surface area (Å²) in [5.74, 6) is 0.788. The Balaban J connectivity index is 1.60. The van der Waals surface area contributed by atoms with Crippen LogP contribution in [0.3, 0.4) is 0 Å².